The molecule has 0 spiro atoms. The highest BCUT2D eigenvalue weighted by Gasteiger charge is 2.08. The van der Waals surface area contributed by atoms with Crippen LogP contribution in [0.1, 0.15) is 32.6 Å². The van der Waals surface area contributed by atoms with Crippen molar-refractivity contribution in [2.45, 2.75) is 32.6 Å². The molecule has 7 heteroatoms. The van der Waals surface area contributed by atoms with Crippen molar-refractivity contribution in [3.8, 4) is 0 Å². The Balaban J connectivity index is 0.000000210. The van der Waals surface area contributed by atoms with E-state index in [1.54, 1.807) is 25.5 Å². The van der Waals surface area contributed by atoms with Crippen LogP contribution in [-0.2, 0) is 4.79 Å². The first-order valence-corrected chi connectivity index (χ1v) is 7.92. The first-order chi connectivity index (χ1) is 10.1. The van der Waals surface area contributed by atoms with Gasteiger partial charge in [0.25, 0.3) is 0 Å². The fourth-order valence-electron chi connectivity index (χ4n) is 1.57. The zero-order chi connectivity index (χ0) is 15.5. The number of alkyl halides is 1. The van der Waals surface area contributed by atoms with Gasteiger partial charge in [-0.25, -0.2) is 19.9 Å². The second kappa shape index (κ2) is 10.1. The van der Waals surface area contributed by atoms with Gasteiger partial charge in [0.15, 0.2) is 5.65 Å². The van der Waals surface area contributed by atoms with Gasteiger partial charge in [0, 0.05) is 17.7 Å². The minimum atomic E-state index is -0.677. The van der Waals surface area contributed by atoms with E-state index in [0.717, 1.165) is 36.5 Å². The van der Waals surface area contributed by atoms with E-state index < -0.39 is 5.97 Å². The molecule has 0 aromatic carbocycles. The Bertz CT molecular complexity index is 488. The third-order valence-corrected chi connectivity index (χ3v) is 3.40. The van der Waals surface area contributed by atoms with Crippen LogP contribution in [0.4, 0.5) is 0 Å². The van der Waals surface area contributed by atoms with E-state index in [2.05, 4.69) is 35.9 Å². The molecule has 0 aliphatic rings. The molecular formula is C14H19BrN4O2. The molecule has 2 aromatic heterocycles. The molecule has 2 heterocycles. The number of halogens is 1. The molecule has 2 aromatic rings. The summed E-state index contributed by atoms with van der Waals surface area (Å²) >= 11 is 3.33. The van der Waals surface area contributed by atoms with E-state index >= 15 is 0 Å². The summed E-state index contributed by atoms with van der Waals surface area (Å²) in [4.78, 5) is 26.0. The van der Waals surface area contributed by atoms with Crippen LogP contribution in [0.5, 0.6) is 0 Å². The summed E-state index contributed by atoms with van der Waals surface area (Å²) in [7, 11) is 0. The number of carboxylic acid groups (broad SMARTS) is 1. The van der Waals surface area contributed by atoms with Crippen LogP contribution in [0.2, 0.25) is 0 Å². The maximum atomic E-state index is 10.4. The summed E-state index contributed by atoms with van der Waals surface area (Å²) in [5.74, 6) is -0.853. The van der Waals surface area contributed by atoms with Gasteiger partial charge in [-0.05, 0) is 12.8 Å². The highest BCUT2D eigenvalue weighted by molar-refractivity contribution is 9.09. The minimum Gasteiger partial charge on any atom is -0.481 e. The number of fused-ring (bicyclic) bond motifs is 1. The molecule has 1 unspecified atom stereocenters. The summed E-state index contributed by atoms with van der Waals surface area (Å²) in [6.45, 7) is 1.76. The van der Waals surface area contributed by atoms with Crippen molar-refractivity contribution in [1.29, 1.82) is 0 Å². The number of aromatic nitrogens is 4. The summed E-state index contributed by atoms with van der Waals surface area (Å²) in [6, 6.07) is 0. The number of carboxylic acids is 1. The Labute approximate surface area is 132 Å². The normalized spacial score (nSPS) is 11.5. The fraction of sp³-hybridized carbons (Fsp3) is 0.500. The highest BCUT2D eigenvalue weighted by Crippen LogP contribution is 2.09. The van der Waals surface area contributed by atoms with E-state index in [4.69, 9.17) is 5.11 Å². The fourth-order valence-corrected chi connectivity index (χ4v) is 1.97. The number of carbonyl (C=O) groups is 1. The monoisotopic (exact) mass is 354 g/mol. The Hall–Kier alpha value is -1.63. The van der Waals surface area contributed by atoms with Gasteiger partial charge >= 0.3 is 5.97 Å². The largest absolute Gasteiger partial charge is 0.481 e. The van der Waals surface area contributed by atoms with Crippen molar-refractivity contribution in [3.05, 3.63) is 24.9 Å². The second-order valence-corrected chi connectivity index (χ2v) is 5.36. The van der Waals surface area contributed by atoms with E-state index in [1.165, 1.54) is 6.33 Å². The maximum Gasteiger partial charge on any atom is 0.306 e. The first kappa shape index (κ1) is 17.4. The van der Waals surface area contributed by atoms with Crippen molar-refractivity contribution in [2.75, 3.05) is 5.33 Å². The number of rotatable bonds is 6. The topological polar surface area (TPSA) is 88.9 Å². The number of hydrogen-bond acceptors (Lipinski definition) is 5. The Kier molecular flexibility index (Phi) is 8.42. The average molecular weight is 355 g/mol. The van der Waals surface area contributed by atoms with Gasteiger partial charge in [0.05, 0.1) is 12.1 Å². The van der Waals surface area contributed by atoms with Crippen molar-refractivity contribution >= 4 is 33.1 Å². The molecule has 6 nitrogen and oxygen atoms in total. The van der Waals surface area contributed by atoms with Gasteiger partial charge in [-0.1, -0.05) is 35.7 Å². The van der Waals surface area contributed by atoms with E-state index in [0.29, 0.717) is 5.65 Å². The lowest BCUT2D eigenvalue weighted by atomic mass is 10.0. The van der Waals surface area contributed by atoms with E-state index in [9.17, 15) is 4.79 Å². The Morgan fingerprint density at radius 1 is 1.24 bits per heavy atom. The lowest BCUT2D eigenvalue weighted by Crippen LogP contribution is -2.08. The van der Waals surface area contributed by atoms with Crippen LogP contribution in [0.15, 0.2) is 24.9 Å². The molecule has 1 atom stereocenters. The molecule has 0 aliphatic heterocycles. The highest BCUT2D eigenvalue weighted by atomic mass is 79.9. The number of hydrogen-bond donors (Lipinski definition) is 1. The average Bonchev–Trinajstić information content (AvgIpc) is 2.52. The summed E-state index contributed by atoms with van der Waals surface area (Å²) < 4.78 is 0. The van der Waals surface area contributed by atoms with Gasteiger partial charge in [-0.3, -0.25) is 4.79 Å². The molecule has 1 N–H and O–H groups in total. The summed E-state index contributed by atoms with van der Waals surface area (Å²) in [6.07, 6.45) is 10.4. The smallest absolute Gasteiger partial charge is 0.306 e. The minimum absolute atomic E-state index is 0.176. The molecule has 0 aliphatic carbocycles. The number of unbranched alkanes of at least 4 members (excludes halogenated alkanes) is 2. The molecule has 0 fully saturated rings. The zero-order valence-electron chi connectivity index (χ0n) is 11.9. The third kappa shape index (κ3) is 7.08. The first-order valence-electron chi connectivity index (χ1n) is 6.80. The van der Waals surface area contributed by atoms with Crippen molar-refractivity contribution in [3.63, 3.8) is 0 Å². The van der Waals surface area contributed by atoms with E-state index in [-0.39, 0.29) is 5.92 Å². The Morgan fingerprint density at radius 2 is 2.00 bits per heavy atom. The SMILES string of the molecule is CC(CCCCCBr)C(=O)O.c1cnc2ncncc2n1. The van der Waals surface area contributed by atoms with Gasteiger partial charge in [-0.2, -0.15) is 0 Å². The number of nitrogens with zero attached hydrogens (tertiary/aromatic N) is 4. The van der Waals surface area contributed by atoms with Crippen LogP contribution >= 0.6 is 15.9 Å². The molecule has 0 saturated heterocycles. The van der Waals surface area contributed by atoms with Crippen LogP contribution in [0.25, 0.3) is 11.2 Å². The molecule has 0 saturated carbocycles. The predicted octanol–water partition coefficient (Wildman–Crippen LogP) is 3.08. The number of aliphatic carboxylic acids is 1. The lowest BCUT2D eigenvalue weighted by molar-refractivity contribution is -0.141. The lowest BCUT2D eigenvalue weighted by Gasteiger charge is -2.03. The summed E-state index contributed by atoms with van der Waals surface area (Å²) in [5, 5.41) is 9.55. The predicted molar refractivity (Wildman–Crippen MR) is 84.2 cm³/mol. The van der Waals surface area contributed by atoms with Crippen LogP contribution in [-0.4, -0.2) is 36.3 Å². The molecule has 0 radical (unpaired) electrons. The quantitative estimate of drug-likeness (QED) is 0.633. The molecule has 114 valence electrons. The molecule has 21 heavy (non-hydrogen) atoms. The standard InChI is InChI=1S/C8H15BrO2.C6H4N4/c1-7(8(10)11)5-3-2-4-6-9;1-2-9-6-5(8-1)3-7-4-10-6/h7H,2-6H2,1H3,(H,10,11);1-4H. The van der Waals surface area contributed by atoms with Crippen LogP contribution in [0.3, 0.4) is 0 Å². The molecule has 0 amide bonds. The van der Waals surface area contributed by atoms with Crippen LogP contribution in [0, 0.1) is 5.92 Å². The molecule has 0 bridgehead atoms. The maximum absolute atomic E-state index is 10.4. The van der Waals surface area contributed by atoms with Crippen molar-refractivity contribution in [2.24, 2.45) is 5.92 Å². The van der Waals surface area contributed by atoms with Gasteiger partial charge in [0.2, 0.25) is 0 Å². The molecule has 2 rings (SSSR count). The third-order valence-electron chi connectivity index (χ3n) is 2.84. The molecular weight excluding hydrogens is 336 g/mol. The second-order valence-electron chi connectivity index (χ2n) is 4.57. The van der Waals surface area contributed by atoms with E-state index in [1.807, 2.05) is 0 Å². The van der Waals surface area contributed by atoms with Gasteiger partial charge < -0.3 is 5.11 Å². The van der Waals surface area contributed by atoms with Gasteiger partial charge in [-0.15, -0.1) is 0 Å². The summed E-state index contributed by atoms with van der Waals surface area (Å²) in [5.41, 5.74) is 1.36. The van der Waals surface area contributed by atoms with Gasteiger partial charge in [0.1, 0.15) is 11.8 Å². The zero-order valence-corrected chi connectivity index (χ0v) is 13.5. The Morgan fingerprint density at radius 3 is 2.67 bits per heavy atom. The van der Waals surface area contributed by atoms with Crippen molar-refractivity contribution in [1.82, 2.24) is 19.9 Å². The van der Waals surface area contributed by atoms with Crippen LogP contribution < -0.4 is 0 Å². The van der Waals surface area contributed by atoms with Crippen molar-refractivity contribution < 1.29 is 9.90 Å².